The molecule has 0 aromatic rings. The topological polar surface area (TPSA) is 26.3 Å². The lowest BCUT2D eigenvalue weighted by Crippen LogP contribution is -2.27. The van der Waals surface area contributed by atoms with Crippen molar-refractivity contribution in [3.63, 3.8) is 0 Å². The number of rotatable bonds is 3. The minimum absolute atomic E-state index is 0.0506. The lowest BCUT2D eigenvalue weighted by molar-refractivity contribution is -0.151. The van der Waals surface area contributed by atoms with Gasteiger partial charge in [0.05, 0.1) is 5.92 Å². The molecule has 0 aliphatic heterocycles. The number of carbonyl (C=O) groups is 1. The molecule has 1 rings (SSSR count). The fourth-order valence-corrected chi connectivity index (χ4v) is 1.82. The molecule has 2 atom stereocenters. The summed E-state index contributed by atoms with van der Waals surface area (Å²) in [6.07, 6.45) is 4.03. The molecule has 16 heavy (non-hydrogen) atoms. The molecular weight excluding hydrogens is 200 g/mol. The van der Waals surface area contributed by atoms with E-state index in [1.165, 1.54) is 11.1 Å². The molecule has 1 aliphatic carbocycles. The quantitative estimate of drug-likeness (QED) is 0.539. The Labute approximate surface area is 98.4 Å². The van der Waals surface area contributed by atoms with Crippen LogP contribution in [0.1, 0.15) is 40.5 Å². The van der Waals surface area contributed by atoms with Crippen molar-refractivity contribution in [2.75, 3.05) is 0 Å². The van der Waals surface area contributed by atoms with Crippen molar-refractivity contribution in [2.45, 2.75) is 46.6 Å². The number of ether oxygens (including phenoxy) is 1. The Morgan fingerprint density at radius 3 is 2.69 bits per heavy atom. The number of allylic oxidation sites excluding steroid dienone is 2. The zero-order valence-electron chi connectivity index (χ0n) is 10.7. The van der Waals surface area contributed by atoms with Crippen molar-refractivity contribution in [3.05, 3.63) is 23.8 Å². The van der Waals surface area contributed by atoms with Crippen LogP contribution < -0.4 is 0 Å². The minimum atomic E-state index is -0.111. The number of hydrogen-bond donors (Lipinski definition) is 0. The second-order valence-corrected chi connectivity index (χ2v) is 5.04. The van der Waals surface area contributed by atoms with Crippen LogP contribution in [-0.2, 0) is 9.53 Å². The predicted molar refractivity (Wildman–Crippen MR) is 66.0 cm³/mol. The molecule has 2 heteroatoms. The highest BCUT2D eigenvalue weighted by atomic mass is 16.5. The largest absolute Gasteiger partial charge is 0.458 e. The molecular formula is C14H22O2. The molecule has 0 fully saturated rings. The van der Waals surface area contributed by atoms with E-state index in [0.29, 0.717) is 5.92 Å². The summed E-state index contributed by atoms with van der Waals surface area (Å²) in [6, 6.07) is 0. The highest BCUT2D eigenvalue weighted by molar-refractivity contribution is 5.72. The molecule has 0 unspecified atom stereocenters. The molecule has 0 aromatic heterocycles. The normalized spacial score (nSPS) is 25.2. The Balaban J connectivity index is 2.65. The zero-order valence-corrected chi connectivity index (χ0v) is 10.7. The molecule has 0 N–H and O–H groups in total. The van der Waals surface area contributed by atoms with Crippen LogP contribution >= 0.6 is 0 Å². The van der Waals surface area contributed by atoms with Gasteiger partial charge in [0.25, 0.3) is 0 Å². The molecule has 0 amide bonds. The summed E-state index contributed by atoms with van der Waals surface area (Å²) in [4.78, 5) is 11.6. The van der Waals surface area contributed by atoms with Gasteiger partial charge in [0.2, 0.25) is 0 Å². The van der Waals surface area contributed by atoms with Crippen LogP contribution in [0.4, 0.5) is 0 Å². The summed E-state index contributed by atoms with van der Waals surface area (Å²) in [5.74, 6) is 0.284. The third kappa shape index (κ3) is 3.22. The van der Waals surface area contributed by atoms with Crippen LogP contribution in [0.5, 0.6) is 0 Å². The van der Waals surface area contributed by atoms with Gasteiger partial charge in [-0.05, 0) is 38.2 Å². The van der Waals surface area contributed by atoms with Crippen LogP contribution in [0.3, 0.4) is 0 Å². The van der Waals surface area contributed by atoms with Crippen LogP contribution in [0.25, 0.3) is 0 Å². The standard InChI is InChI=1S/C14H22O2/c1-9(2)12-7-6-11(5)13(8-12)16-14(15)10(3)4/h6,10,12-13H,1,7-8H2,2-5H3/t12-,13-/m1/s1. The third-order valence-corrected chi connectivity index (χ3v) is 3.16. The van der Waals surface area contributed by atoms with E-state index < -0.39 is 0 Å². The fraction of sp³-hybridized carbons (Fsp3) is 0.643. The van der Waals surface area contributed by atoms with Crippen molar-refractivity contribution in [2.24, 2.45) is 11.8 Å². The Hall–Kier alpha value is -1.05. The Morgan fingerprint density at radius 1 is 1.56 bits per heavy atom. The first-order valence-corrected chi connectivity index (χ1v) is 5.94. The Morgan fingerprint density at radius 2 is 2.19 bits per heavy atom. The summed E-state index contributed by atoms with van der Waals surface area (Å²) in [7, 11) is 0. The zero-order chi connectivity index (χ0) is 12.3. The minimum Gasteiger partial charge on any atom is -0.458 e. The molecule has 0 radical (unpaired) electrons. The molecule has 0 spiro atoms. The van der Waals surface area contributed by atoms with Gasteiger partial charge in [-0.1, -0.05) is 32.1 Å². The van der Waals surface area contributed by atoms with Gasteiger partial charge in [-0.15, -0.1) is 0 Å². The van der Waals surface area contributed by atoms with Crippen molar-refractivity contribution >= 4 is 5.97 Å². The van der Waals surface area contributed by atoms with Gasteiger partial charge >= 0.3 is 5.97 Å². The molecule has 0 saturated heterocycles. The second kappa shape index (κ2) is 5.33. The molecule has 2 nitrogen and oxygen atoms in total. The average molecular weight is 222 g/mol. The third-order valence-electron chi connectivity index (χ3n) is 3.16. The van der Waals surface area contributed by atoms with Crippen molar-refractivity contribution in [3.8, 4) is 0 Å². The van der Waals surface area contributed by atoms with Gasteiger partial charge < -0.3 is 4.74 Å². The average Bonchev–Trinajstić information content (AvgIpc) is 2.20. The summed E-state index contributed by atoms with van der Waals surface area (Å²) in [5.41, 5.74) is 2.35. The molecule has 0 heterocycles. The maximum atomic E-state index is 11.6. The van der Waals surface area contributed by atoms with E-state index in [9.17, 15) is 4.79 Å². The van der Waals surface area contributed by atoms with Gasteiger partial charge in [-0.3, -0.25) is 4.79 Å². The van der Waals surface area contributed by atoms with Crippen LogP contribution in [-0.4, -0.2) is 12.1 Å². The SMILES string of the molecule is C=C(C)[C@@H]1CC=C(C)[C@H](OC(=O)C(C)C)C1. The lowest BCUT2D eigenvalue weighted by Gasteiger charge is -2.29. The van der Waals surface area contributed by atoms with E-state index in [0.717, 1.165) is 12.8 Å². The van der Waals surface area contributed by atoms with E-state index in [1.807, 2.05) is 27.7 Å². The number of esters is 1. The predicted octanol–water partition coefficient (Wildman–Crippen LogP) is 3.49. The Kier molecular flexibility index (Phi) is 4.34. The molecule has 0 aromatic carbocycles. The lowest BCUT2D eigenvalue weighted by atomic mass is 9.84. The van der Waals surface area contributed by atoms with Crippen LogP contribution in [0.15, 0.2) is 23.8 Å². The van der Waals surface area contributed by atoms with Crippen LogP contribution in [0, 0.1) is 11.8 Å². The van der Waals surface area contributed by atoms with E-state index in [1.54, 1.807) is 0 Å². The first-order chi connectivity index (χ1) is 7.41. The first kappa shape index (κ1) is 13.0. The highest BCUT2D eigenvalue weighted by Gasteiger charge is 2.26. The first-order valence-electron chi connectivity index (χ1n) is 5.94. The Bertz CT molecular complexity index is 313. The van der Waals surface area contributed by atoms with Crippen LogP contribution in [0.2, 0.25) is 0 Å². The molecule has 0 bridgehead atoms. The van der Waals surface area contributed by atoms with E-state index in [-0.39, 0.29) is 18.0 Å². The molecule has 0 saturated carbocycles. The fourth-order valence-electron chi connectivity index (χ4n) is 1.82. The van der Waals surface area contributed by atoms with E-state index in [2.05, 4.69) is 12.7 Å². The summed E-state index contributed by atoms with van der Waals surface area (Å²) in [6.45, 7) is 11.8. The van der Waals surface area contributed by atoms with Crippen molar-refractivity contribution < 1.29 is 9.53 Å². The summed E-state index contributed by atoms with van der Waals surface area (Å²) in [5, 5.41) is 0. The smallest absolute Gasteiger partial charge is 0.308 e. The highest BCUT2D eigenvalue weighted by Crippen LogP contribution is 2.30. The number of hydrogen-bond acceptors (Lipinski definition) is 2. The maximum absolute atomic E-state index is 11.6. The van der Waals surface area contributed by atoms with E-state index >= 15 is 0 Å². The summed E-state index contributed by atoms with van der Waals surface area (Å²) < 4.78 is 5.50. The second-order valence-electron chi connectivity index (χ2n) is 5.04. The summed E-state index contributed by atoms with van der Waals surface area (Å²) >= 11 is 0. The van der Waals surface area contributed by atoms with Gasteiger partial charge in [0.1, 0.15) is 6.10 Å². The van der Waals surface area contributed by atoms with Gasteiger partial charge in [-0.25, -0.2) is 0 Å². The number of carbonyl (C=O) groups excluding carboxylic acids is 1. The maximum Gasteiger partial charge on any atom is 0.308 e. The monoisotopic (exact) mass is 222 g/mol. The van der Waals surface area contributed by atoms with Gasteiger partial charge in [0, 0.05) is 0 Å². The molecule has 1 aliphatic rings. The van der Waals surface area contributed by atoms with Gasteiger partial charge in [-0.2, -0.15) is 0 Å². The molecule has 90 valence electrons. The van der Waals surface area contributed by atoms with Crippen molar-refractivity contribution in [1.82, 2.24) is 0 Å². The van der Waals surface area contributed by atoms with E-state index in [4.69, 9.17) is 4.74 Å². The van der Waals surface area contributed by atoms with Crippen molar-refractivity contribution in [1.29, 1.82) is 0 Å². The van der Waals surface area contributed by atoms with Gasteiger partial charge in [0.15, 0.2) is 0 Å².